The quantitative estimate of drug-likeness (QED) is 0.852. The Balaban J connectivity index is 1.90. The first-order valence-corrected chi connectivity index (χ1v) is 7.31. The summed E-state index contributed by atoms with van der Waals surface area (Å²) in [5, 5.41) is 17.2. The molecule has 5 nitrogen and oxygen atoms in total. The molecule has 0 bridgehead atoms. The average molecular weight is 279 g/mol. The molecule has 0 saturated heterocycles. The number of hydrogen-bond acceptors (Lipinski definition) is 3. The molecular weight excluding hydrogens is 254 g/mol. The minimum absolute atomic E-state index is 0.00739. The summed E-state index contributed by atoms with van der Waals surface area (Å²) in [6.45, 7) is 6.30. The van der Waals surface area contributed by atoms with Crippen LogP contribution in [0.15, 0.2) is 0 Å². The van der Waals surface area contributed by atoms with Crippen LogP contribution < -0.4 is 5.32 Å². The van der Waals surface area contributed by atoms with Crippen molar-refractivity contribution in [1.82, 2.24) is 15.1 Å². The second kappa shape index (κ2) is 5.56. The van der Waals surface area contributed by atoms with Crippen LogP contribution in [0.3, 0.4) is 0 Å². The van der Waals surface area contributed by atoms with E-state index in [2.05, 4.69) is 10.4 Å². The zero-order chi connectivity index (χ0) is 14.9. The SMILES string of the molecule is Cc1nn(C)c(C)c1CC(C)C(=O)NCC1(O)CCC1. The first-order chi connectivity index (χ1) is 9.32. The van der Waals surface area contributed by atoms with Crippen molar-refractivity contribution in [3.8, 4) is 0 Å². The second-order valence-corrected chi connectivity index (χ2v) is 6.17. The van der Waals surface area contributed by atoms with Crippen LogP contribution in [-0.2, 0) is 18.3 Å². The van der Waals surface area contributed by atoms with Gasteiger partial charge in [0.05, 0.1) is 11.3 Å². The number of carbonyl (C=O) groups is 1. The first kappa shape index (κ1) is 15.0. The molecule has 20 heavy (non-hydrogen) atoms. The molecular formula is C15H25N3O2. The van der Waals surface area contributed by atoms with Gasteiger partial charge in [0, 0.05) is 25.2 Å². The highest BCUT2D eigenvalue weighted by atomic mass is 16.3. The Morgan fingerprint density at radius 2 is 2.15 bits per heavy atom. The van der Waals surface area contributed by atoms with Crippen molar-refractivity contribution >= 4 is 5.91 Å². The van der Waals surface area contributed by atoms with Crippen LogP contribution in [0.4, 0.5) is 0 Å². The van der Waals surface area contributed by atoms with Crippen molar-refractivity contribution in [3.05, 3.63) is 17.0 Å². The van der Waals surface area contributed by atoms with Crippen LogP contribution in [0.5, 0.6) is 0 Å². The number of aryl methyl sites for hydroxylation is 2. The molecule has 1 heterocycles. The number of nitrogens with one attached hydrogen (secondary N) is 1. The van der Waals surface area contributed by atoms with Crippen LogP contribution in [0.1, 0.15) is 43.1 Å². The summed E-state index contributed by atoms with van der Waals surface area (Å²) >= 11 is 0. The second-order valence-electron chi connectivity index (χ2n) is 6.17. The monoisotopic (exact) mass is 279 g/mol. The number of aromatic nitrogens is 2. The molecule has 1 aromatic heterocycles. The van der Waals surface area contributed by atoms with E-state index in [0.29, 0.717) is 13.0 Å². The van der Waals surface area contributed by atoms with Crippen molar-refractivity contribution < 1.29 is 9.90 Å². The Bertz CT molecular complexity index is 503. The number of carbonyl (C=O) groups excluding carboxylic acids is 1. The van der Waals surface area contributed by atoms with Crippen molar-refractivity contribution in [1.29, 1.82) is 0 Å². The molecule has 0 spiro atoms. The molecule has 0 aromatic carbocycles. The topological polar surface area (TPSA) is 67.2 Å². The lowest BCUT2D eigenvalue weighted by Crippen LogP contribution is -2.48. The maximum atomic E-state index is 12.1. The lowest BCUT2D eigenvalue weighted by Gasteiger charge is -2.36. The van der Waals surface area contributed by atoms with Crippen molar-refractivity contribution in [2.45, 2.75) is 52.1 Å². The summed E-state index contributed by atoms with van der Waals surface area (Å²) in [6.07, 6.45) is 3.33. The van der Waals surface area contributed by atoms with E-state index in [-0.39, 0.29) is 11.8 Å². The van der Waals surface area contributed by atoms with Crippen molar-refractivity contribution in [3.63, 3.8) is 0 Å². The molecule has 2 rings (SSSR count). The molecule has 2 N–H and O–H groups in total. The fourth-order valence-electron chi connectivity index (χ4n) is 2.70. The minimum atomic E-state index is -0.657. The molecule has 0 radical (unpaired) electrons. The lowest BCUT2D eigenvalue weighted by molar-refractivity contribution is -0.126. The number of hydrogen-bond donors (Lipinski definition) is 2. The number of amides is 1. The number of nitrogens with zero attached hydrogens (tertiary/aromatic N) is 2. The summed E-state index contributed by atoms with van der Waals surface area (Å²) in [5.74, 6) is -0.103. The van der Waals surface area contributed by atoms with Crippen LogP contribution in [-0.4, -0.2) is 32.9 Å². The Labute approximate surface area is 120 Å². The van der Waals surface area contributed by atoms with Gasteiger partial charge in [-0.2, -0.15) is 5.10 Å². The Kier molecular flexibility index (Phi) is 4.18. The lowest BCUT2D eigenvalue weighted by atomic mass is 9.80. The summed E-state index contributed by atoms with van der Waals surface area (Å²) in [6, 6.07) is 0. The van der Waals surface area contributed by atoms with Gasteiger partial charge in [-0.1, -0.05) is 6.92 Å². The minimum Gasteiger partial charge on any atom is -0.388 e. The predicted octanol–water partition coefficient (Wildman–Crippen LogP) is 1.25. The zero-order valence-corrected chi connectivity index (χ0v) is 12.9. The maximum absolute atomic E-state index is 12.1. The van der Waals surface area contributed by atoms with E-state index in [9.17, 15) is 9.90 Å². The standard InChI is InChI=1S/C15H25N3O2/c1-10(8-13-11(2)17-18(4)12(13)3)14(19)16-9-15(20)6-5-7-15/h10,20H,5-9H2,1-4H3,(H,16,19). The summed E-state index contributed by atoms with van der Waals surface area (Å²) in [7, 11) is 1.92. The fraction of sp³-hybridized carbons (Fsp3) is 0.733. The molecule has 1 fully saturated rings. The van der Waals surface area contributed by atoms with Crippen LogP contribution >= 0.6 is 0 Å². The maximum Gasteiger partial charge on any atom is 0.223 e. The van der Waals surface area contributed by atoms with Gasteiger partial charge in [-0.25, -0.2) is 0 Å². The van der Waals surface area contributed by atoms with Gasteiger partial charge in [0.25, 0.3) is 0 Å². The van der Waals surface area contributed by atoms with Gasteiger partial charge in [-0.05, 0) is 45.1 Å². The third-order valence-electron chi connectivity index (χ3n) is 4.49. The third-order valence-corrected chi connectivity index (χ3v) is 4.49. The molecule has 1 saturated carbocycles. The molecule has 1 aliphatic rings. The summed E-state index contributed by atoms with van der Waals surface area (Å²) in [5.41, 5.74) is 2.59. The molecule has 1 aliphatic carbocycles. The zero-order valence-electron chi connectivity index (χ0n) is 12.9. The average Bonchev–Trinajstić information content (AvgIpc) is 2.60. The van der Waals surface area contributed by atoms with Gasteiger partial charge in [0.2, 0.25) is 5.91 Å². The van der Waals surface area contributed by atoms with Gasteiger partial charge in [0.15, 0.2) is 0 Å². The first-order valence-electron chi connectivity index (χ1n) is 7.31. The van der Waals surface area contributed by atoms with E-state index in [1.165, 1.54) is 0 Å². The summed E-state index contributed by atoms with van der Waals surface area (Å²) in [4.78, 5) is 12.1. The highest BCUT2D eigenvalue weighted by Gasteiger charge is 2.34. The van der Waals surface area contributed by atoms with Gasteiger partial charge < -0.3 is 10.4 Å². The van der Waals surface area contributed by atoms with E-state index in [0.717, 1.165) is 36.2 Å². The van der Waals surface area contributed by atoms with Gasteiger partial charge >= 0.3 is 0 Å². The number of rotatable bonds is 5. The molecule has 1 atom stereocenters. The highest BCUT2D eigenvalue weighted by molar-refractivity contribution is 5.78. The normalized spacial score (nSPS) is 18.4. The van der Waals surface area contributed by atoms with Crippen LogP contribution in [0, 0.1) is 19.8 Å². The largest absolute Gasteiger partial charge is 0.388 e. The molecule has 1 aromatic rings. The molecule has 1 amide bonds. The fourth-order valence-corrected chi connectivity index (χ4v) is 2.70. The Hall–Kier alpha value is -1.36. The Morgan fingerprint density at radius 3 is 2.60 bits per heavy atom. The van der Waals surface area contributed by atoms with Crippen molar-refractivity contribution in [2.24, 2.45) is 13.0 Å². The smallest absolute Gasteiger partial charge is 0.223 e. The third kappa shape index (κ3) is 3.03. The molecule has 1 unspecified atom stereocenters. The van der Waals surface area contributed by atoms with E-state index < -0.39 is 5.60 Å². The molecule has 0 aliphatic heterocycles. The number of aliphatic hydroxyl groups is 1. The van der Waals surface area contributed by atoms with Gasteiger partial charge in [0.1, 0.15) is 0 Å². The van der Waals surface area contributed by atoms with E-state index in [1.807, 2.05) is 32.5 Å². The predicted molar refractivity (Wildman–Crippen MR) is 77.4 cm³/mol. The summed E-state index contributed by atoms with van der Waals surface area (Å²) < 4.78 is 1.85. The van der Waals surface area contributed by atoms with Gasteiger partial charge in [-0.3, -0.25) is 9.48 Å². The van der Waals surface area contributed by atoms with Crippen LogP contribution in [0.25, 0.3) is 0 Å². The van der Waals surface area contributed by atoms with E-state index >= 15 is 0 Å². The van der Waals surface area contributed by atoms with E-state index in [1.54, 1.807) is 0 Å². The highest BCUT2D eigenvalue weighted by Crippen LogP contribution is 2.30. The van der Waals surface area contributed by atoms with Crippen LogP contribution in [0.2, 0.25) is 0 Å². The molecule has 112 valence electrons. The van der Waals surface area contributed by atoms with Gasteiger partial charge in [-0.15, -0.1) is 0 Å². The van der Waals surface area contributed by atoms with E-state index in [4.69, 9.17) is 0 Å². The molecule has 5 heteroatoms. The Morgan fingerprint density at radius 1 is 1.50 bits per heavy atom. The van der Waals surface area contributed by atoms with Crippen molar-refractivity contribution in [2.75, 3.05) is 6.54 Å².